The number of carbonyl (C=O) groups is 1. The highest BCUT2D eigenvalue weighted by Crippen LogP contribution is 2.25. The van der Waals surface area contributed by atoms with Crippen LogP contribution in [0.2, 0.25) is 0 Å². The number of ether oxygens (including phenoxy) is 1. The smallest absolute Gasteiger partial charge is 0.323 e. The van der Waals surface area contributed by atoms with E-state index in [-0.39, 0.29) is 6.29 Å². The molecule has 0 aliphatic carbocycles. The number of nitrogens with zero attached hydrogens (tertiary/aromatic N) is 1. The molecule has 0 spiro atoms. The molecular formula is C9H2F5NO3. The van der Waals surface area contributed by atoms with Crippen LogP contribution in [0, 0.1) is 29.1 Å². The van der Waals surface area contributed by atoms with Gasteiger partial charge in [-0.15, -0.1) is 0 Å². The van der Waals surface area contributed by atoms with E-state index in [1.54, 1.807) is 0 Å². The van der Waals surface area contributed by atoms with Gasteiger partial charge in [0.05, 0.1) is 0 Å². The van der Waals surface area contributed by atoms with Crippen molar-refractivity contribution in [3.05, 3.63) is 34.6 Å². The first-order valence-corrected chi connectivity index (χ1v) is 4.35. The van der Waals surface area contributed by atoms with Crippen LogP contribution in [0.4, 0.5) is 22.0 Å². The minimum absolute atomic E-state index is 0.0859. The molecule has 1 aliphatic rings. The molecule has 1 unspecified atom stereocenters. The van der Waals surface area contributed by atoms with Gasteiger partial charge in [-0.2, -0.15) is 0 Å². The van der Waals surface area contributed by atoms with Gasteiger partial charge in [-0.25, -0.2) is 22.0 Å². The van der Waals surface area contributed by atoms with Crippen molar-refractivity contribution in [2.75, 3.05) is 0 Å². The van der Waals surface area contributed by atoms with Crippen molar-refractivity contribution >= 4 is 12.2 Å². The van der Waals surface area contributed by atoms with Crippen LogP contribution in [0.15, 0.2) is 5.16 Å². The maximum atomic E-state index is 13.3. The Morgan fingerprint density at radius 1 is 0.944 bits per heavy atom. The van der Waals surface area contributed by atoms with Gasteiger partial charge < -0.3 is 9.57 Å². The highest BCUT2D eigenvalue weighted by atomic mass is 19.2. The molecule has 1 heterocycles. The largest absolute Gasteiger partial charge is 0.425 e. The van der Waals surface area contributed by atoms with E-state index in [1.165, 1.54) is 0 Å². The predicted molar refractivity (Wildman–Crippen MR) is 44.8 cm³/mol. The summed E-state index contributed by atoms with van der Waals surface area (Å²) >= 11 is 0. The third kappa shape index (κ3) is 1.67. The van der Waals surface area contributed by atoms with Crippen LogP contribution < -0.4 is 0 Å². The molecule has 96 valence electrons. The van der Waals surface area contributed by atoms with Crippen LogP contribution in [-0.4, -0.2) is 18.5 Å². The summed E-state index contributed by atoms with van der Waals surface area (Å²) in [6.45, 7) is 0. The number of rotatable bonds is 2. The van der Waals surface area contributed by atoms with Crippen molar-refractivity contribution < 1.29 is 36.3 Å². The third-order valence-electron chi connectivity index (χ3n) is 2.00. The molecule has 0 radical (unpaired) electrons. The van der Waals surface area contributed by atoms with Crippen molar-refractivity contribution in [1.29, 1.82) is 0 Å². The van der Waals surface area contributed by atoms with E-state index >= 15 is 0 Å². The number of halogens is 5. The van der Waals surface area contributed by atoms with Gasteiger partial charge in [0.25, 0.3) is 5.90 Å². The lowest BCUT2D eigenvalue weighted by atomic mass is 10.1. The molecule has 1 atom stereocenters. The molecular weight excluding hydrogens is 265 g/mol. The summed E-state index contributed by atoms with van der Waals surface area (Å²) < 4.78 is 69.4. The minimum Gasteiger partial charge on any atom is -0.425 e. The SMILES string of the molecule is O=CC1ON=C(c2c(F)c(F)c(F)c(F)c2F)O1. The second-order valence-corrected chi connectivity index (χ2v) is 3.07. The zero-order chi connectivity index (χ0) is 13.4. The standard InChI is InChI=1S/C9H2F5NO3/c10-4-3(9-15-18-2(1-16)17-9)5(11)7(13)8(14)6(4)12/h1-2H. The Hall–Kier alpha value is -2.19. The van der Waals surface area contributed by atoms with E-state index in [1.807, 2.05) is 0 Å². The summed E-state index contributed by atoms with van der Waals surface area (Å²) in [5.41, 5.74) is -1.39. The van der Waals surface area contributed by atoms with Gasteiger partial charge in [-0.3, -0.25) is 4.79 Å². The van der Waals surface area contributed by atoms with Crippen LogP contribution >= 0.6 is 0 Å². The molecule has 2 rings (SSSR count). The second kappa shape index (κ2) is 4.24. The van der Waals surface area contributed by atoms with E-state index in [0.29, 0.717) is 0 Å². The van der Waals surface area contributed by atoms with E-state index in [2.05, 4.69) is 14.7 Å². The summed E-state index contributed by atoms with van der Waals surface area (Å²) in [6, 6.07) is 0. The van der Waals surface area contributed by atoms with E-state index in [4.69, 9.17) is 0 Å². The Morgan fingerprint density at radius 3 is 1.89 bits per heavy atom. The summed E-state index contributed by atoms with van der Waals surface area (Å²) in [5, 5.41) is 2.92. The second-order valence-electron chi connectivity index (χ2n) is 3.07. The van der Waals surface area contributed by atoms with Gasteiger partial charge in [-0.05, 0) is 5.16 Å². The van der Waals surface area contributed by atoms with Crippen LogP contribution in [0.1, 0.15) is 5.56 Å². The lowest BCUT2D eigenvalue weighted by Gasteiger charge is -2.07. The van der Waals surface area contributed by atoms with Crippen molar-refractivity contribution in [3.63, 3.8) is 0 Å². The number of carbonyl (C=O) groups excluding carboxylic acids is 1. The first kappa shape index (κ1) is 12.3. The van der Waals surface area contributed by atoms with Crippen LogP contribution in [0.3, 0.4) is 0 Å². The number of oxime groups is 1. The maximum Gasteiger partial charge on any atom is 0.323 e. The topological polar surface area (TPSA) is 47.9 Å². The van der Waals surface area contributed by atoms with Crippen LogP contribution in [0.25, 0.3) is 0 Å². The fraction of sp³-hybridized carbons (Fsp3) is 0.111. The number of hydrogen-bond donors (Lipinski definition) is 0. The molecule has 0 N–H and O–H groups in total. The Morgan fingerprint density at radius 2 is 1.44 bits per heavy atom. The number of aldehydes is 1. The summed E-state index contributed by atoms with van der Waals surface area (Å²) in [6.07, 6.45) is -1.50. The molecule has 9 heteroatoms. The zero-order valence-electron chi connectivity index (χ0n) is 8.22. The molecule has 0 saturated heterocycles. The molecule has 0 fully saturated rings. The number of benzene rings is 1. The minimum atomic E-state index is -2.31. The van der Waals surface area contributed by atoms with Gasteiger partial charge >= 0.3 is 6.29 Å². The Labute approximate surface area is 95.6 Å². The van der Waals surface area contributed by atoms with Gasteiger partial charge in [0.15, 0.2) is 23.3 Å². The highest BCUT2D eigenvalue weighted by Gasteiger charge is 2.33. The quantitative estimate of drug-likeness (QED) is 0.354. The van der Waals surface area contributed by atoms with E-state index in [9.17, 15) is 26.7 Å². The maximum absolute atomic E-state index is 13.3. The molecule has 0 saturated carbocycles. The van der Waals surface area contributed by atoms with Crippen LogP contribution in [0.5, 0.6) is 0 Å². The molecule has 4 nitrogen and oxygen atoms in total. The Bertz CT molecular complexity index is 531. The average molecular weight is 267 g/mol. The molecule has 18 heavy (non-hydrogen) atoms. The highest BCUT2D eigenvalue weighted by molar-refractivity contribution is 5.95. The van der Waals surface area contributed by atoms with Crippen molar-refractivity contribution in [3.8, 4) is 0 Å². The Balaban J connectivity index is 2.56. The van der Waals surface area contributed by atoms with Gasteiger partial charge in [-0.1, -0.05) is 0 Å². The third-order valence-corrected chi connectivity index (χ3v) is 2.00. The van der Waals surface area contributed by atoms with E-state index < -0.39 is 46.8 Å². The van der Waals surface area contributed by atoms with Crippen molar-refractivity contribution in [1.82, 2.24) is 0 Å². The van der Waals surface area contributed by atoms with Crippen molar-refractivity contribution in [2.45, 2.75) is 6.29 Å². The van der Waals surface area contributed by atoms with Gasteiger partial charge in [0.1, 0.15) is 5.56 Å². The molecule has 1 aromatic rings. The van der Waals surface area contributed by atoms with Crippen molar-refractivity contribution in [2.24, 2.45) is 5.16 Å². The van der Waals surface area contributed by atoms with Gasteiger partial charge in [0, 0.05) is 0 Å². The lowest BCUT2D eigenvalue weighted by Crippen LogP contribution is -2.18. The lowest BCUT2D eigenvalue weighted by molar-refractivity contribution is -0.131. The summed E-state index contributed by atoms with van der Waals surface area (Å²) in [5.74, 6) is -11.9. The fourth-order valence-corrected chi connectivity index (χ4v) is 1.20. The molecule has 0 bridgehead atoms. The van der Waals surface area contributed by atoms with Crippen LogP contribution in [-0.2, 0) is 14.4 Å². The monoisotopic (exact) mass is 267 g/mol. The van der Waals surface area contributed by atoms with E-state index in [0.717, 1.165) is 0 Å². The zero-order valence-corrected chi connectivity index (χ0v) is 8.22. The average Bonchev–Trinajstić information content (AvgIpc) is 2.83. The van der Waals surface area contributed by atoms with Gasteiger partial charge in [0.2, 0.25) is 12.1 Å². The molecule has 0 amide bonds. The Kier molecular flexibility index (Phi) is 2.89. The first-order valence-electron chi connectivity index (χ1n) is 4.35. The number of hydrogen-bond acceptors (Lipinski definition) is 4. The molecule has 1 aromatic carbocycles. The first-order chi connectivity index (χ1) is 8.47. The molecule has 0 aromatic heterocycles. The fourth-order valence-electron chi connectivity index (χ4n) is 1.20. The molecule has 1 aliphatic heterocycles. The summed E-state index contributed by atoms with van der Waals surface area (Å²) in [7, 11) is 0. The summed E-state index contributed by atoms with van der Waals surface area (Å²) in [4.78, 5) is 14.4. The normalized spacial score (nSPS) is 18.1. The predicted octanol–water partition coefficient (Wildman–Crippen LogP) is 1.62.